The van der Waals surface area contributed by atoms with Crippen molar-refractivity contribution in [2.45, 2.75) is 70.9 Å². The number of halogens is 1. The molecule has 1 aliphatic heterocycles. The van der Waals surface area contributed by atoms with Crippen molar-refractivity contribution >= 4 is 32.6 Å². The Labute approximate surface area is 223 Å². The van der Waals surface area contributed by atoms with Gasteiger partial charge in [-0.05, 0) is 43.9 Å². The van der Waals surface area contributed by atoms with Crippen LogP contribution >= 0.6 is 11.3 Å². The third kappa shape index (κ3) is 6.40. The van der Waals surface area contributed by atoms with E-state index in [1.807, 2.05) is 24.3 Å². The first-order chi connectivity index (χ1) is 17.4. The minimum atomic E-state index is -2.95. The molecular formula is C28H36FN3O3S2. The number of nitriles is 1. The van der Waals surface area contributed by atoms with Crippen molar-refractivity contribution < 1.29 is 17.6 Å². The zero-order valence-electron chi connectivity index (χ0n) is 22.0. The number of carbonyl (C=O) groups is 1. The van der Waals surface area contributed by atoms with Gasteiger partial charge in [-0.15, -0.1) is 11.3 Å². The Kier molecular flexibility index (Phi) is 8.10. The first-order valence-electron chi connectivity index (χ1n) is 13.0. The summed E-state index contributed by atoms with van der Waals surface area (Å²) < 4.78 is 38.1. The molecule has 2 fully saturated rings. The summed E-state index contributed by atoms with van der Waals surface area (Å²) in [6.07, 6.45) is 0.260. The van der Waals surface area contributed by atoms with Gasteiger partial charge in [0, 0.05) is 42.4 Å². The number of Topliss-reactive ketones (excluding diaryl/α,β-unsaturated/α-hetero) is 1. The van der Waals surface area contributed by atoms with Crippen LogP contribution in [-0.2, 0) is 20.0 Å². The lowest BCUT2D eigenvalue weighted by molar-refractivity contribution is -0.125. The number of carbonyl (C=O) groups excluding carboxylic acids is 1. The maximum atomic E-state index is 14.5. The largest absolute Gasteiger partial charge is 0.369 e. The highest BCUT2D eigenvalue weighted by Crippen LogP contribution is 2.47. The van der Waals surface area contributed by atoms with Crippen LogP contribution in [0, 0.1) is 23.2 Å². The number of thiazole rings is 1. The van der Waals surface area contributed by atoms with E-state index in [9.17, 15) is 22.9 Å². The lowest BCUT2D eigenvalue weighted by atomic mass is 9.72. The van der Waals surface area contributed by atoms with Crippen LogP contribution in [0.1, 0.15) is 70.0 Å². The van der Waals surface area contributed by atoms with Gasteiger partial charge in [0.15, 0.2) is 9.84 Å². The van der Waals surface area contributed by atoms with Crippen molar-refractivity contribution in [3.63, 3.8) is 0 Å². The molecule has 200 valence electrons. The highest BCUT2D eigenvalue weighted by Gasteiger charge is 2.39. The van der Waals surface area contributed by atoms with E-state index < -0.39 is 27.8 Å². The van der Waals surface area contributed by atoms with Crippen LogP contribution < -0.4 is 4.90 Å². The maximum absolute atomic E-state index is 14.5. The maximum Gasteiger partial charge on any atom is 0.153 e. The van der Waals surface area contributed by atoms with Gasteiger partial charge in [-0.1, -0.05) is 32.9 Å². The number of sulfone groups is 1. The monoisotopic (exact) mass is 545 g/mol. The fourth-order valence-corrected chi connectivity index (χ4v) is 7.61. The number of hydrogen-bond acceptors (Lipinski definition) is 7. The number of aromatic nitrogens is 1. The van der Waals surface area contributed by atoms with Crippen molar-refractivity contribution in [2.24, 2.45) is 11.8 Å². The van der Waals surface area contributed by atoms with E-state index in [0.29, 0.717) is 25.9 Å². The number of hydrogen-bond donors (Lipinski definition) is 0. The topological polar surface area (TPSA) is 91.1 Å². The number of nitrogens with zero attached hydrogens (tertiary/aromatic N) is 3. The Morgan fingerprint density at radius 1 is 1.22 bits per heavy atom. The van der Waals surface area contributed by atoms with E-state index in [4.69, 9.17) is 4.98 Å². The summed E-state index contributed by atoms with van der Waals surface area (Å²) in [5.74, 6) is -0.777. The summed E-state index contributed by atoms with van der Waals surface area (Å²) in [4.78, 5) is 21.4. The molecule has 0 amide bonds. The minimum absolute atomic E-state index is 0.0481. The number of rotatable bonds is 6. The Morgan fingerprint density at radius 2 is 1.86 bits per heavy atom. The first kappa shape index (κ1) is 27.7. The number of ketones is 1. The van der Waals surface area contributed by atoms with E-state index in [0.717, 1.165) is 26.8 Å². The molecule has 1 aliphatic carbocycles. The van der Waals surface area contributed by atoms with Gasteiger partial charge in [0.2, 0.25) is 0 Å². The fraction of sp³-hybridized carbons (Fsp3) is 0.607. The highest BCUT2D eigenvalue weighted by atomic mass is 32.2. The number of benzene rings is 1. The Morgan fingerprint density at radius 3 is 2.46 bits per heavy atom. The van der Waals surface area contributed by atoms with Gasteiger partial charge in [-0.2, -0.15) is 5.26 Å². The molecule has 1 aromatic heterocycles. The van der Waals surface area contributed by atoms with E-state index in [1.54, 1.807) is 18.3 Å². The third-order valence-corrected chi connectivity index (χ3v) is 10.6. The predicted molar refractivity (Wildman–Crippen MR) is 146 cm³/mol. The van der Waals surface area contributed by atoms with Gasteiger partial charge in [-0.3, -0.25) is 4.79 Å². The molecule has 9 heteroatoms. The number of alkyl halides is 1. The summed E-state index contributed by atoms with van der Waals surface area (Å²) in [6, 6.07) is 10.2. The van der Waals surface area contributed by atoms with Crippen LogP contribution in [-0.4, -0.2) is 50.0 Å². The van der Waals surface area contributed by atoms with Crippen LogP contribution in [0.2, 0.25) is 0 Å². The van der Waals surface area contributed by atoms with Crippen LogP contribution in [0.15, 0.2) is 24.3 Å². The van der Waals surface area contributed by atoms with E-state index in [1.165, 1.54) is 0 Å². The minimum Gasteiger partial charge on any atom is -0.369 e. The zero-order valence-corrected chi connectivity index (χ0v) is 23.7. The number of anilines is 1. The summed E-state index contributed by atoms with van der Waals surface area (Å²) in [7, 11) is -2.95. The van der Waals surface area contributed by atoms with Crippen LogP contribution in [0.3, 0.4) is 0 Å². The SMILES string of the molecule is C[C@@H](C#N)CC(=O)[C@@H]1C[C@@H](F)CC[C@H]1c1nc(C(C)(C)C)sc1-c1ccc(N2CCS(=O)(=O)CC2)cc1. The molecule has 2 aromatic rings. The molecule has 2 heterocycles. The van der Waals surface area contributed by atoms with E-state index >= 15 is 0 Å². The molecule has 2 aliphatic rings. The second-order valence-electron chi connectivity index (χ2n) is 11.5. The second kappa shape index (κ2) is 10.8. The molecule has 0 spiro atoms. The van der Waals surface area contributed by atoms with Gasteiger partial charge >= 0.3 is 0 Å². The van der Waals surface area contributed by atoms with Crippen LogP contribution in [0.4, 0.5) is 10.1 Å². The predicted octanol–water partition coefficient (Wildman–Crippen LogP) is 5.68. The van der Waals surface area contributed by atoms with Crippen molar-refractivity contribution in [3.05, 3.63) is 35.0 Å². The standard InChI is InChI=1S/C28H36FN3O3S2/c1-18(17-30)15-24(33)23-16-20(29)7-10-22(23)25-26(36-27(31-25)28(2,3)4)19-5-8-21(9-6-19)32-11-13-37(34,35)14-12-32/h5-6,8-9,18,20,22-23H,7,10-16H2,1-4H3/t18-,20+,22-,23-/m1/s1. The molecule has 0 bridgehead atoms. The quantitative estimate of drug-likeness (QED) is 0.464. The Hall–Kier alpha value is -2.31. The van der Waals surface area contributed by atoms with Gasteiger partial charge < -0.3 is 4.90 Å². The van der Waals surface area contributed by atoms with Crippen molar-refractivity contribution in [1.29, 1.82) is 5.26 Å². The fourth-order valence-electron chi connectivity index (χ4n) is 5.21. The van der Waals surface area contributed by atoms with E-state index in [-0.39, 0.29) is 41.5 Å². The highest BCUT2D eigenvalue weighted by molar-refractivity contribution is 7.91. The third-order valence-electron chi connectivity index (χ3n) is 7.41. The average molecular weight is 546 g/mol. The van der Waals surface area contributed by atoms with Gasteiger partial charge in [0.05, 0.1) is 39.1 Å². The van der Waals surface area contributed by atoms with Crippen LogP contribution in [0.5, 0.6) is 0 Å². The van der Waals surface area contributed by atoms with Crippen molar-refractivity contribution in [3.8, 4) is 16.5 Å². The summed E-state index contributed by atoms with van der Waals surface area (Å²) in [5.41, 5.74) is 2.66. The Bertz CT molecular complexity index is 1260. The molecule has 37 heavy (non-hydrogen) atoms. The lowest BCUT2D eigenvalue weighted by Gasteiger charge is -2.32. The van der Waals surface area contributed by atoms with Crippen molar-refractivity contribution in [2.75, 3.05) is 29.5 Å². The molecular weight excluding hydrogens is 509 g/mol. The molecule has 0 radical (unpaired) electrons. The summed E-state index contributed by atoms with van der Waals surface area (Å²) in [6.45, 7) is 9.04. The molecule has 1 aromatic carbocycles. The van der Waals surface area contributed by atoms with Gasteiger partial charge in [0.1, 0.15) is 12.0 Å². The molecule has 4 rings (SSSR count). The normalized spacial score (nSPS) is 24.9. The van der Waals surface area contributed by atoms with E-state index in [2.05, 4.69) is 31.7 Å². The van der Waals surface area contributed by atoms with Gasteiger partial charge in [-0.25, -0.2) is 17.8 Å². The summed E-state index contributed by atoms with van der Waals surface area (Å²) >= 11 is 1.63. The van der Waals surface area contributed by atoms with Gasteiger partial charge in [0.25, 0.3) is 0 Å². The zero-order chi connectivity index (χ0) is 27.0. The molecule has 6 nitrogen and oxygen atoms in total. The Balaban J connectivity index is 1.68. The smallest absolute Gasteiger partial charge is 0.153 e. The molecule has 0 N–H and O–H groups in total. The molecule has 1 saturated heterocycles. The summed E-state index contributed by atoms with van der Waals surface area (Å²) in [5, 5.41) is 10.2. The molecule has 4 atom stereocenters. The average Bonchev–Trinajstić information content (AvgIpc) is 3.30. The van der Waals surface area contributed by atoms with Crippen LogP contribution in [0.25, 0.3) is 10.4 Å². The second-order valence-corrected chi connectivity index (χ2v) is 14.8. The molecule has 0 unspecified atom stereocenters. The lowest BCUT2D eigenvalue weighted by Crippen LogP contribution is -2.40. The van der Waals surface area contributed by atoms with Crippen molar-refractivity contribution in [1.82, 2.24) is 4.98 Å². The molecule has 1 saturated carbocycles. The first-order valence-corrected chi connectivity index (χ1v) is 15.6.